The van der Waals surface area contributed by atoms with E-state index in [0.29, 0.717) is 18.0 Å². The number of hydrogen-bond donors (Lipinski definition) is 0. The van der Waals surface area contributed by atoms with Crippen molar-refractivity contribution in [1.29, 1.82) is 0 Å². The van der Waals surface area contributed by atoms with E-state index >= 15 is 0 Å². The molecule has 3 atom stereocenters. The molecular weight excluding hydrogens is 350 g/mol. The monoisotopic (exact) mass is 379 g/mol. The smallest absolute Gasteiger partial charge is 0.0604 e. The average Bonchev–Trinajstić information content (AvgIpc) is 3.09. The fourth-order valence-corrected chi connectivity index (χ4v) is 5.84. The van der Waals surface area contributed by atoms with Gasteiger partial charge in [0.05, 0.1) is 6.04 Å². The summed E-state index contributed by atoms with van der Waals surface area (Å²) in [6, 6.07) is 34.1. The van der Waals surface area contributed by atoms with Crippen LogP contribution in [0.1, 0.15) is 42.5 Å². The van der Waals surface area contributed by atoms with Gasteiger partial charge in [-0.25, -0.2) is 0 Å². The van der Waals surface area contributed by atoms with Gasteiger partial charge >= 0.3 is 0 Å². The minimum atomic E-state index is 0.0985. The highest BCUT2D eigenvalue weighted by molar-refractivity contribution is 5.41. The zero-order valence-electron chi connectivity index (χ0n) is 17.1. The first-order valence-electron chi connectivity index (χ1n) is 10.9. The van der Waals surface area contributed by atoms with Gasteiger partial charge in [0, 0.05) is 18.0 Å². The molecule has 3 aromatic rings. The number of rotatable bonds is 4. The summed E-state index contributed by atoms with van der Waals surface area (Å²) in [5.74, 6) is 0.571. The maximum atomic E-state index is 2.80. The number of fused-ring (bicyclic) bond motifs is 1. The lowest BCUT2D eigenvalue weighted by Gasteiger charge is -2.43. The summed E-state index contributed by atoms with van der Waals surface area (Å²) in [6.45, 7) is 3.56. The topological polar surface area (TPSA) is 3.24 Å². The van der Waals surface area contributed by atoms with E-state index < -0.39 is 0 Å². The molecule has 0 spiro atoms. The first-order chi connectivity index (χ1) is 14.3. The van der Waals surface area contributed by atoms with Gasteiger partial charge in [-0.2, -0.15) is 0 Å². The molecule has 0 N–H and O–H groups in total. The Kier molecular flexibility index (Phi) is 4.85. The van der Waals surface area contributed by atoms with Crippen molar-refractivity contribution in [2.24, 2.45) is 5.92 Å². The number of hydrogen-bond acceptors (Lipinski definition) is 1. The fourth-order valence-electron chi connectivity index (χ4n) is 5.84. The maximum absolute atomic E-state index is 2.80. The molecule has 1 aliphatic carbocycles. The highest BCUT2D eigenvalue weighted by Crippen LogP contribution is 2.52. The molecule has 2 aliphatic rings. The van der Waals surface area contributed by atoms with E-state index in [-0.39, 0.29) is 5.41 Å². The summed E-state index contributed by atoms with van der Waals surface area (Å²) < 4.78 is 0. The lowest BCUT2D eigenvalue weighted by atomic mass is 9.65. The third kappa shape index (κ3) is 3.05. The molecule has 0 bridgehead atoms. The number of benzene rings is 3. The number of allylic oxidation sites excluding steroid dienone is 1. The Balaban J connectivity index is 1.64. The van der Waals surface area contributed by atoms with Crippen molar-refractivity contribution in [1.82, 2.24) is 4.90 Å². The molecule has 146 valence electrons. The quantitative estimate of drug-likeness (QED) is 0.475. The van der Waals surface area contributed by atoms with Gasteiger partial charge in [0.25, 0.3) is 0 Å². The van der Waals surface area contributed by atoms with Crippen molar-refractivity contribution >= 4 is 0 Å². The van der Waals surface area contributed by atoms with Crippen LogP contribution in [0, 0.1) is 5.92 Å². The molecular formula is C28H29N. The van der Waals surface area contributed by atoms with Crippen LogP contribution in [0.15, 0.2) is 103 Å². The average molecular weight is 380 g/mol. The summed E-state index contributed by atoms with van der Waals surface area (Å²) >= 11 is 0. The molecule has 1 heteroatoms. The molecule has 1 aliphatic heterocycles. The van der Waals surface area contributed by atoms with E-state index in [2.05, 4.69) is 115 Å². The summed E-state index contributed by atoms with van der Waals surface area (Å²) in [4.78, 5) is 2.80. The summed E-state index contributed by atoms with van der Waals surface area (Å²) in [6.07, 6.45) is 7.34. The van der Waals surface area contributed by atoms with Crippen LogP contribution >= 0.6 is 0 Å². The van der Waals surface area contributed by atoms with Gasteiger partial charge in [0.1, 0.15) is 0 Å². The zero-order valence-corrected chi connectivity index (χ0v) is 17.1. The first-order valence-corrected chi connectivity index (χ1v) is 10.9. The van der Waals surface area contributed by atoms with Crippen molar-refractivity contribution in [3.63, 3.8) is 0 Å². The molecule has 0 unspecified atom stereocenters. The predicted molar refractivity (Wildman–Crippen MR) is 121 cm³/mol. The molecule has 1 saturated heterocycles. The molecule has 0 saturated carbocycles. The Morgan fingerprint density at radius 2 is 1.34 bits per heavy atom. The van der Waals surface area contributed by atoms with Crippen LogP contribution < -0.4 is 0 Å². The van der Waals surface area contributed by atoms with Gasteiger partial charge in [-0.3, -0.25) is 4.90 Å². The second-order valence-corrected chi connectivity index (χ2v) is 8.62. The van der Waals surface area contributed by atoms with Crippen molar-refractivity contribution in [3.8, 4) is 0 Å². The lowest BCUT2D eigenvalue weighted by molar-refractivity contribution is 0.170. The molecule has 0 aromatic heterocycles. The molecule has 0 amide bonds. The van der Waals surface area contributed by atoms with Crippen LogP contribution in [0.4, 0.5) is 0 Å². The fraction of sp³-hybridized carbons (Fsp3) is 0.286. The SMILES string of the molecule is C[C@H]1CN(C(c2ccccc2)c2ccccc2)[C@H]2CCC=C[C@]21c1ccccc1. The minimum Gasteiger partial charge on any atom is -0.288 e. The van der Waals surface area contributed by atoms with Crippen LogP contribution in [0.3, 0.4) is 0 Å². The normalized spacial score (nSPS) is 26.6. The van der Waals surface area contributed by atoms with Gasteiger partial charge in [-0.15, -0.1) is 0 Å². The Morgan fingerprint density at radius 3 is 1.93 bits per heavy atom. The van der Waals surface area contributed by atoms with Gasteiger partial charge in [-0.05, 0) is 35.4 Å². The highest BCUT2D eigenvalue weighted by Gasteiger charge is 2.54. The highest BCUT2D eigenvalue weighted by atomic mass is 15.2. The Morgan fingerprint density at radius 1 is 0.793 bits per heavy atom. The van der Waals surface area contributed by atoms with Crippen LogP contribution in [0.5, 0.6) is 0 Å². The predicted octanol–water partition coefficient (Wildman–Crippen LogP) is 6.38. The molecule has 1 fully saturated rings. The summed E-state index contributed by atoms with van der Waals surface area (Å²) in [5, 5.41) is 0. The first kappa shape index (κ1) is 18.4. The minimum absolute atomic E-state index is 0.0985. The van der Waals surface area contributed by atoms with E-state index in [1.807, 2.05) is 0 Å². The largest absolute Gasteiger partial charge is 0.288 e. The second-order valence-electron chi connectivity index (χ2n) is 8.62. The van der Waals surface area contributed by atoms with E-state index in [9.17, 15) is 0 Å². The van der Waals surface area contributed by atoms with E-state index in [0.717, 1.165) is 6.54 Å². The van der Waals surface area contributed by atoms with Crippen LogP contribution in [0.2, 0.25) is 0 Å². The van der Waals surface area contributed by atoms with E-state index in [1.54, 1.807) is 0 Å². The second kappa shape index (κ2) is 7.65. The van der Waals surface area contributed by atoms with Crippen LogP contribution in [-0.2, 0) is 5.41 Å². The van der Waals surface area contributed by atoms with Gasteiger partial charge in [-0.1, -0.05) is 110 Å². The standard InChI is InChI=1S/C28H29N/c1-22-21-29(26-19-11-12-20-28(22,26)25-17-9-4-10-18-25)27(23-13-5-2-6-14-23)24-15-7-3-8-16-24/h2-10,12-18,20,22,26-27H,11,19,21H2,1H3/t22-,26-,28-/m0/s1. The summed E-state index contributed by atoms with van der Waals surface area (Å²) in [5.41, 5.74) is 4.35. The van der Waals surface area contributed by atoms with Crippen LogP contribution in [0.25, 0.3) is 0 Å². The molecule has 1 heterocycles. The van der Waals surface area contributed by atoms with Gasteiger partial charge in [0.15, 0.2) is 0 Å². The third-order valence-electron chi connectivity index (χ3n) is 7.09. The summed E-state index contributed by atoms with van der Waals surface area (Å²) in [7, 11) is 0. The van der Waals surface area contributed by atoms with Crippen LogP contribution in [-0.4, -0.2) is 17.5 Å². The Hall–Kier alpha value is -2.64. The maximum Gasteiger partial charge on any atom is 0.0604 e. The third-order valence-corrected chi connectivity index (χ3v) is 7.09. The lowest BCUT2D eigenvalue weighted by Crippen LogP contribution is -2.45. The van der Waals surface area contributed by atoms with Crippen molar-refractivity contribution in [2.75, 3.05) is 6.54 Å². The van der Waals surface area contributed by atoms with Gasteiger partial charge in [0.2, 0.25) is 0 Å². The molecule has 29 heavy (non-hydrogen) atoms. The Bertz CT molecular complexity index is 923. The van der Waals surface area contributed by atoms with E-state index in [1.165, 1.54) is 29.5 Å². The van der Waals surface area contributed by atoms with E-state index in [4.69, 9.17) is 0 Å². The Labute approximate surface area is 174 Å². The van der Waals surface area contributed by atoms with Crippen molar-refractivity contribution in [2.45, 2.75) is 37.3 Å². The van der Waals surface area contributed by atoms with Gasteiger partial charge < -0.3 is 0 Å². The molecule has 1 nitrogen and oxygen atoms in total. The molecule has 0 radical (unpaired) electrons. The molecule has 3 aromatic carbocycles. The zero-order chi connectivity index (χ0) is 19.7. The van der Waals surface area contributed by atoms with Crippen molar-refractivity contribution in [3.05, 3.63) is 120 Å². The number of nitrogens with zero attached hydrogens (tertiary/aromatic N) is 1. The number of likely N-dealkylation sites (tertiary alicyclic amines) is 1. The molecule has 5 rings (SSSR count). The van der Waals surface area contributed by atoms with Crippen molar-refractivity contribution < 1.29 is 0 Å².